The molecule has 1 amide bonds. The third kappa shape index (κ3) is 6.39. The fourth-order valence-corrected chi connectivity index (χ4v) is 3.86. The molecule has 0 aromatic heterocycles. The normalized spacial score (nSPS) is 16.6. The number of hydrogen-bond donors (Lipinski definition) is 2. The number of para-hydroxylation sites is 1. The molecule has 2 aliphatic rings. The van der Waals surface area contributed by atoms with Crippen molar-refractivity contribution in [3.8, 4) is 5.75 Å². The van der Waals surface area contributed by atoms with Gasteiger partial charge in [0.05, 0.1) is 0 Å². The summed E-state index contributed by atoms with van der Waals surface area (Å²) in [5.74, 6) is 1.64. The second-order valence-electron chi connectivity index (χ2n) is 8.31. The number of guanidine groups is 1. The van der Waals surface area contributed by atoms with Gasteiger partial charge in [-0.3, -0.25) is 9.79 Å². The lowest BCUT2D eigenvalue weighted by molar-refractivity contribution is -0.123. The van der Waals surface area contributed by atoms with E-state index in [9.17, 15) is 4.79 Å². The van der Waals surface area contributed by atoms with Crippen LogP contribution in [0.3, 0.4) is 0 Å². The maximum absolute atomic E-state index is 11.7. The first-order valence-electron chi connectivity index (χ1n) is 11.5. The molecule has 1 aliphatic carbocycles. The number of ether oxygens (including phenoxy) is 1. The third-order valence-electron chi connectivity index (χ3n) is 5.84. The second-order valence-corrected chi connectivity index (χ2v) is 8.31. The van der Waals surface area contributed by atoms with Gasteiger partial charge in [0.2, 0.25) is 0 Å². The molecule has 4 rings (SSSR count). The highest BCUT2D eigenvalue weighted by molar-refractivity contribution is 5.80. The van der Waals surface area contributed by atoms with E-state index in [1.165, 1.54) is 11.3 Å². The average molecular weight is 436 g/mol. The summed E-state index contributed by atoms with van der Waals surface area (Å²) in [7, 11) is 1.84. The van der Waals surface area contributed by atoms with Gasteiger partial charge in [-0.1, -0.05) is 30.3 Å². The topological polar surface area (TPSA) is 69.2 Å². The number of nitrogens with one attached hydrogen (secondary N) is 2. The molecule has 7 nitrogen and oxygen atoms in total. The van der Waals surface area contributed by atoms with Crippen molar-refractivity contribution in [3.63, 3.8) is 0 Å². The van der Waals surface area contributed by atoms with Crippen molar-refractivity contribution in [2.24, 2.45) is 4.99 Å². The molecule has 2 fully saturated rings. The van der Waals surface area contributed by atoms with Crippen molar-refractivity contribution in [1.82, 2.24) is 15.5 Å². The van der Waals surface area contributed by atoms with Crippen LogP contribution in [0.5, 0.6) is 5.75 Å². The van der Waals surface area contributed by atoms with Crippen LogP contribution < -0.4 is 20.3 Å². The molecule has 2 aromatic carbocycles. The number of carbonyl (C=O) groups excluding carboxylic acids is 1. The number of anilines is 1. The van der Waals surface area contributed by atoms with Crippen LogP contribution in [0.1, 0.15) is 18.4 Å². The molecule has 0 bridgehead atoms. The monoisotopic (exact) mass is 435 g/mol. The van der Waals surface area contributed by atoms with Gasteiger partial charge in [-0.25, -0.2) is 0 Å². The van der Waals surface area contributed by atoms with Gasteiger partial charge in [0, 0.05) is 51.5 Å². The van der Waals surface area contributed by atoms with Crippen molar-refractivity contribution < 1.29 is 9.53 Å². The summed E-state index contributed by atoms with van der Waals surface area (Å²) in [6.45, 7) is 4.78. The standard InChI is InChI=1S/C25H33N5O2/c1-26-25(30-17-15-29(16-18-30)22-5-3-2-4-6-22)27-14-13-20-7-11-23(12-8-20)32-19-24(31)28-21-9-10-21/h2-8,11-12,21H,9-10,13-19H2,1H3,(H,26,27)(H,28,31). The van der Waals surface area contributed by atoms with Crippen molar-refractivity contribution in [2.45, 2.75) is 25.3 Å². The Morgan fingerprint density at radius 2 is 1.75 bits per heavy atom. The summed E-state index contributed by atoms with van der Waals surface area (Å²) in [6, 6.07) is 18.9. The predicted molar refractivity (Wildman–Crippen MR) is 128 cm³/mol. The molecule has 0 unspecified atom stereocenters. The Labute approximate surface area is 190 Å². The van der Waals surface area contributed by atoms with Gasteiger partial charge in [0.25, 0.3) is 5.91 Å². The van der Waals surface area contributed by atoms with Crippen LogP contribution in [0.15, 0.2) is 59.6 Å². The third-order valence-corrected chi connectivity index (χ3v) is 5.84. The van der Waals surface area contributed by atoms with Gasteiger partial charge in [0.1, 0.15) is 5.75 Å². The number of hydrogen-bond acceptors (Lipinski definition) is 4. The Hall–Kier alpha value is -3.22. The summed E-state index contributed by atoms with van der Waals surface area (Å²) in [5, 5.41) is 6.42. The largest absolute Gasteiger partial charge is 0.484 e. The van der Waals surface area contributed by atoms with Gasteiger partial charge >= 0.3 is 0 Å². The van der Waals surface area contributed by atoms with E-state index in [2.05, 4.69) is 67.9 Å². The number of amides is 1. The lowest BCUT2D eigenvalue weighted by Gasteiger charge is -2.37. The van der Waals surface area contributed by atoms with E-state index >= 15 is 0 Å². The summed E-state index contributed by atoms with van der Waals surface area (Å²) in [6.07, 6.45) is 3.07. The Kier molecular flexibility index (Phi) is 7.48. The zero-order valence-electron chi connectivity index (χ0n) is 18.8. The van der Waals surface area contributed by atoms with E-state index < -0.39 is 0 Å². The maximum atomic E-state index is 11.7. The van der Waals surface area contributed by atoms with Gasteiger partial charge in [-0.2, -0.15) is 0 Å². The number of piperazine rings is 1. The molecule has 32 heavy (non-hydrogen) atoms. The van der Waals surface area contributed by atoms with E-state index in [1.807, 2.05) is 19.2 Å². The van der Waals surface area contributed by atoms with Crippen LogP contribution in [0.2, 0.25) is 0 Å². The van der Waals surface area contributed by atoms with Crippen molar-refractivity contribution in [3.05, 3.63) is 60.2 Å². The number of rotatable bonds is 8. The molecular weight excluding hydrogens is 402 g/mol. The van der Waals surface area contributed by atoms with Crippen LogP contribution in [-0.4, -0.2) is 69.2 Å². The zero-order chi connectivity index (χ0) is 22.2. The molecule has 1 aliphatic heterocycles. The summed E-state index contributed by atoms with van der Waals surface area (Å²) in [4.78, 5) is 20.9. The lowest BCUT2D eigenvalue weighted by Crippen LogP contribution is -2.52. The number of carbonyl (C=O) groups is 1. The highest BCUT2D eigenvalue weighted by atomic mass is 16.5. The number of benzene rings is 2. The summed E-state index contributed by atoms with van der Waals surface area (Å²) < 4.78 is 5.57. The Bertz CT molecular complexity index is 888. The number of nitrogens with zero attached hydrogens (tertiary/aromatic N) is 3. The molecule has 7 heteroatoms. The summed E-state index contributed by atoms with van der Waals surface area (Å²) in [5.41, 5.74) is 2.50. The summed E-state index contributed by atoms with van der Waals surface area (Å²) >= 11 is 0. The fourth-order valence-electron chi connectivity index (χ4n) is 3.86. The van der Waals surface area contributed by atoms with Gasteiger partial charge in [0.15, 0.2) is 12.6 Å². The SMILES string of the molecule is CN=C(NCCc1ccc(OCC(=O)NC2CC2)cc1)N1CCN(c2ccccc2)CC1. The zero-order valence-corrected chi connectivity index (χ0v) is 18.8. The average Bonchev–Trinajstić information content (AvgIpc) is 3.66. The first-order valence-corrected chi connectivity index (χ1v) is 11.5. The minimum atomic E-state index is -0.0447. The Balaban J connectivity index is 1.17. The van der Waals surface area contributed by atoms with E-state index in [4.69, 9.17) is 4.74 Å². The minimum Gasteiger partial charge on any atom is -0.484 e. The molecule has 2 aromatic rings. The van der Waals surface area contributed by atoms with Crippen LogP contribution in [0, 0.1) is 0 Å². The van der Waals surface area contributed by atoms with E-state index in [0.29, 0.717) is 6.04 Å². The predicted octanol–water partition coefficient (Wildman–Crippen LogP) is 2.28. The molecule has 1 saturated heterocycles. The molecular formula is C25H33N5O2. The second kappa shape index (κ2) is 10.9. The maximum Gasteiger partial charge on any atom is 0.258 e. The van der Waals surface area contributed by atoms with Crippen LogP contribution in [0.4, 0.5) is 5.69 Å². The fraction of sp³-hybridized carbons (Fsp3) is 0.440. The first kappa shape index (κ1) is 22.0. The smallest absolute Gasteiger partial charge is 0.258 e. The lowest BCUT2D eigenvalue weighted by atomic mass is 10.1. The molecule has 0 atom stereocenters. The van der Waals surface area contributed by atoms with Crippen molar-refractivity contribution in [2.75, 3.05) is 51.3 Å². The molecule has 0 radical (unpaired) electrons. The minimum absolute atomic E-state index is 0.0447. The quantitative estimate of drug-likeness (QED) is 0.492. The molecule has 1 heterocycles. The van der Waals surface area contributed by atoms with Crippen LogP contribution in [0.25, 0.3) is 0 Å². The van der Waals surface area contributed by atoms with Crippen LogP contribution in [-0.2, 0) is 11.2 Å². The molecule has 0 spiro atoms. The van der Waals surface area contributed by atoms with E-state index in [1.54, 1.807) is 0 Å². The van der Waals surface area contributed by atoms with Gasteiger partial charge in [-0.05, 0) is 49.1 Å². The number of aliphatic imine (C=N–C) groups is 1. The molecule has 170 valence electrons. The van der Waals surface area contributed by atoms with Gasteiger partial charge < -0.3 is 25.2 Å². The van der Waals surface area contributed by atoms with Crippen molar-refractivity contribution in [1.29, 1.82) is 0 Å². The molecule has 1 saturated carbocycles. The van der Waals surface area contributed by atoms with Crippen LogP contribution >= 0.6 is 0 Å². The van der Waals surface area contributed by atoms with E-state index in [-0.39, 0.29) is 12.5 Å². The molecule has 2 N–H and O–H groups in total. The highest BCUT2D eigenvalue weighted by Gasteiger charge is 2.23. The first-order chi connectivity index (χ1) is 15.7. The van der Waals surface area contributed by atoms with Gasteiger partial charge in [-0.15, -0.1) is 0 Å². The highest BCUT2D eigenvalue weighted by Crippen LogP contribution is 2.19. The Morgan fingerprint density at radius 1 is 1.03 bits per heavy atom. The van der Waals surface area contributed by atoms with Crippen molar-refractivity contribution >= 4 is 17.6 Å². The van der Waals surface area contributed by atoms with E-state index in [0.717, 1.165) is 63.7 Å². The Morgan fingerprint density at radius 3 is 2.41 bits per heavy atom.